The average Bonchev–Trinajstić information content (AvgIpc) is 4.08. The fraction of sp³-hybridized carbons (Fsp3) is 0.426. The van der Waals surface area contributed by atoms with Crippen LogP contribution in [0.25, 0.3) is 10.8 Å². The largest absolute Gasteiger partial charge is 1.00 e. The van der Waals surface area contributed by atoms with E-state index in [-0.39, 0.29) is 119 Å². The SMILES string of the molecule is C=C1CCC(=O)N1OC(=O)CCCCC[N+]1=C(C=CC2=C(Cl)C(=CC=C3N(CCCS(=O)(=O)[O-])c4ccc(N(CC[CH2-])CC[CH2-])cc4C3(C)C)CCC2)C(C)(C)c2c1ccc1cc(S(=O)(=O)[O-])ccc21.O=S(=O)=O.O=S(=O)=O.[Na+].[Na+].[Na+]. The van der Waals surface area contributed by atoms with Gasteiger partial charge < -0.3 is 37.6 Å². The second kappa shape index (κ2) is 32.6. The van der Waals surface area contributed by atoms with Gasteiger partial charge in [-0.05, 0) is 142 Å². The second-order valence-electron chi connectivity index (χ2n) is 20.0. The summed E-state index contributed by atoms with van der Waals surface area (Å²) in [5, 5.41) is 3.13. The van der Waals surface area contributed by atoms with Crippen LogP contribution in [-0.2, 0) is 66.7 Å². The van der Waals surface area contributed by atoms with E-state index in [2.05, 4.69) is 105 Å². The first-order chi connectivity index (χ1) is 36.5. The first-order valence-electron chi connectivity index (χ1n) is 25.1. The van der Waals surface area contributed by atoms with E-state index in [1.807, 2.05) is 12.1 Å². The molecule has 1 saturated heterocycles. The van der Waals surface area contributed by atoms with E-state index in [0.717, 1.165) is 113 Å². The number of hydrogen-bond donors (Lipinski definition) is 0. The molecule has 3 aliphatic heterocycles. The van der Waals surface area contributed by atoms with Gasteiger partial charge in [0.25, 0.3) is 5.91 Å². The molecule has 0 N–H and O–H groups in total. The third-order valence-corrected chi connectivity index (χ3v) is 16.0. The molecule has 7 rings (SSSR count). The van der Waals surface area contributed by atoms with E-state index in [1.165, 1.54) is 12.1 Å². The van der Waals surface area contributed by atoms with Gasteiger partial charge in [-0.25, -0.2) is 21.6 Å². The predicted octanol–water partition coefficient (Wildman–Crippen LogP) is -0.690. The Hall–Kier alpha value is -2.82. The van der Waals surface area contributed by atoms with Gasteiger partial charge in [-0.15, -0.1) is 30.3 Å². The molecule has 3 heterocycles. The summed E-state index contributed by atoms with van der Waals surface area (Å²) >= 11 is 7.34. The molecule has 0 unspecified atom stereocenters. The van der Waals surface area contributed by atoms with Gasteiger partial charge in [-0.1, -0.05) is 50.2 Å². The number of nitrogens with zero attached hydrogens (tertiary/aromatic N) is 4. The van der Waals surface area contributed by atoms with Crippen molar-refractivity contribution in [1.82, 2.24) is 5.06 Å². The molecule has 81 heavy (non-hydrogen) atoms. The molecular formula is C54H64ClN4Na3O15S4. The summed E-state index contributed by atoms with van der Waals surface area (Å²) < 4.78 is 124. The van der Waals surface area contributed by atoms with Crippen LogP contribution in [0.3, 0.4) is 0 Å². The Kier molecular flexibility index (Phi) is 29.9. The van der Waals surface area contributed by atoms with Crippen LogP contribution >= 0.6 is 11.6 Å². The van der Waals surface area contributed by atoms with Crippen LogP contribution in [0.1, 0.15) is 116 Å². The predicted molar refractivity (Wildman–Crippen MR) is 294 cm³/mol. The fourth-order valence-electron chi connectivity index (χ4n) is 10.4. The standard InChI is InChI=1S/C54H66ClN4O9S2.3Na.2O3S/c1-8-30-56(31-9-2)41-22-26-45-44(36-41)53(4,5)47(57(45)33-14-34-69(62,63)64)27-20-38-15-13-16-39(52(38)55)21-28-48-54(6,7)51-43-24-23-42(70(65,66)67)35-40(43)19-25-46(51)58(48)32-12-10-11-17-50(61)68-59-37(3)18-29-49(59)60;;;;2*1-4(2)3/h19-28,35-36H,1-3,8-18,29-34H2,4-7H3,(H,62,63,64)(H,65,66,67);;;;;/q-1;3*+1;;/p-2. The molecule has 0 radical (unpaired) electrons. The second-order valence-corrected chi connectivity index (χ2v) is 24.1. The van der Waals surface area contributed by atoms with Crippen molar-refractivity contribution >= 4 is 98.5 Å². The Bertz CT molecular complexity index is 3420. The van der Waals surface area contributed by atoms with Crippen LogP contribution in [0.2, 0.25) is 0 Å². The van der Waals surface area contributed by atoms with Crippen molar-refractivity contribution in [2.45, 2.75) is 120 Å². The number of allylic oxidation sites excluding steroid dienone is 9. The molecule has 1 aliphatic carbocycles. The average molecular weight is 1240 g/mol. The van der Waals surface area contributed by atoms with Crippen LogP contribution in [-0.4, -0.2) is 110 Å². The molecule has 0 aromatic heterocycles. The maximum atomic E-state index is 12.6. The first-order valence-corrected chi connectivity index (χ1v) is 30.5. The maximum absolute atomic E-state index is 12.6. The van der Waals surface area contributed by atoms with Crippen molar-refractivity contribution in [3.63, 3.8) is 0 Å². The molecule has 4 aliphatic rings. The van der Waals surface area contributed by atoms with Crippen LogP contribution in [0.15, 0.2) is 112 Å². The Morgan fingerprint density at radius 2 is 1.47 bits per heavy atom. The number of halogens is 1. The number of carbonyl (C=O) groups is 2. The number of anilines is 2. The number of fused-ring (bicyclic) bond motifs is 4. The zero-order valence-corrected chi connectivity index (χ0v) is 57.0. The Morgan fingerprint density at radius 3 is 2.05 bits per heavy atom. The van der Waals surface area contributed by atoms with Gasteiger partial charge in [0.15, 0.2) is 5.71 Å². The minimum Gasteiger partial charge on any atom is -0.748 e. The number of hydroxylamine groups is 2. The van der Waals surface area contributed by atoms with E-state index in [1.54, 1.807) is 6.07 Å². The van der Waals surface area contributed by atoms with Crippen LogP contribution in [0.4, 0.5) is 17.1 Å². The van der Waals surface area contributed by atoms with Gasteiger partial charge >= 0.3 is 116 Å². The summed E-state index contributed by atoms with van der Waals surface area (Å²) in [5.41, 5.74) is 8.42. The quantitative estimate of drug-likeness (QED) is 0.0445. The summed E-state index contributed by atoms with van der Waals surface area (Å²) in [4.78, 5) is 34.2. The van der Waals surface area contributed by atoms with Gasteiger partial charge in [0, 0.05) is 76.8 Å². The number of unbranched alkanes of at least 4 members (excludes halogenated alkanes) is 2. The van der Waals surface area contributed by atoms with E-state index in [0.29, 0.717) is 48.5 Å². The summed E-state index contributed by atoms with van der Waals surface area (Å²) in [6, 6.07) is 14.7. The van der Waals surface area contributed by atoms with Crippen molar-refractivity contribution in [2.75, 3.05) is 41.7 Å². The smallest absolute Gasteiger partial charge is 0.748 e. The minimum absolute atomic E-state index is 0. The van der Waals surface area contributed by atoms with Crippen molar-refractivity contribution in [3.05, 3.63) is 132 Å². The molecule has 424 valence electrons. The van der Waals surface area contributed by atoms with E-state index < -0.39 is 64.0 Å². The van der Waals surface area contributed by atoms with Gasteiger partial charge in [-0.2, -0.15) is 17.4 Å². The topological polar surface area (TPSA) is 273 Å². The molecule has 3 aromatic carbocycles. The van der Waals surface area contributed by atoms with Crippen molar-refractivity contribution in [3.8, 4) is 0 Å². The third kappa shape index (κ3) is 19.9. The number of benzene rings is 3. The molecule has 19 nitrogen and oxygen atoms in total. The van der Waals surface area contributed by atoms with Crippen LogP contribution < -0.4 is 98.5 Å². The first kappa shape index (κ1) is 74.3. The molecule has 0 atom stereocenters. The molecule has 1 fully saturated rings. The maximum Gasteiger partial charge on any atom is 1.00 e. The Balaban J connectivity index is 0.00000191. The fourth-order valence-corrected chi connectivity index (χ4v) is 11.7. The van der Waals surface area contributed by atoms with Gasteiger partial charge in [0.2, 0.25) is 5.69 Å². The van der Waals surface area contributed by atoms with Crippen molar-refractivity contribution < 1.29 is 159 Å². The molecule has 1 amide bonds. The zero-order valence-electron chi connectivity index (χ0n) is 47.0. The van der Waals surface area contributed by atoms with Gasteiger partial charge in [0.05, 0.1) is 26.1 Å². The summed E-state index contributed by atoms with van der Waals surface area (Å²) in [5.74, 6) is -1.22. The van der Waals surface area contributed by atoms with E-state index >= 15 is 0 Å². The summed E-state index contributed by atoms with van der Waals surface area (Å²) in [6.07, 6.45) is 15.2. The minimum atomic E-state index is -4.67. The Morgan fingerprint density at radius 1 is 0.827 bits per heavy atom. The zero-order chi connectivity index (χ0) is 57.9. The number of rotatable bonds is 20. The van der Waals surface area contributed by atoms with Crippen molar-refractivity contribution in [1.29, 1.82) is 0 Å². The number of carbonyl (C=O) groups excluding carboxylic acids is 2. The molecular weight excluding hydrogens is 1180 g/mol. The number of hydrogen-bond acceptors (Lipinski definition) is 17. The monoisotopic (exact) mass is 1240 g/mol. The number of amides is 1. The molecule has 3 aromatic rings. The van der Waals surface area contributed by atoms with Crippen LogP contribution in [0.5, 0.6) is 0 Å². The normalized spacial score (nSPS) is 17.1. The Labute approximate surface area is 550 Å². The molecule has 0 spiro atoms. The van der Waals surface area contributed by atoms with Crippen LogP contribution in [0, 0.1) is 13.8 Å². The summed E-state index contributed by atoms with van der Waals surface area (Å²) in [7, 11) is -15.3. The molecule has 27 heteroatoms. The molecule has 0 saturated carbocycles. The van der Waals surface area contributed by atoms with Gasteiger partial charge in [-0.3, -0.25) is 4.79 Å². The van der Waals surface area contributed by atoms with E-state index in [9.17, 15) is 35.5 Å². The van der Waals surface area contributed by atoms with Crippen molar-refractivity contribution in [2.24, 2.45) is 0 Å². The molecule has 0 bridgehead atoms. The van der Waals surface area contributed by atoms with E-state index in [4.69, 9.17) is 41.7 Å². The summed E-state index contributed by atoms with van der Waals surface area (Å²) in [6.45, 7) is 23.0. The van der Waals surface area contributed by atoms with Gasteiger partial charge in [0.1, 0.15) is 16.7 Å². The third-order valence-electron chi connectivity index (χ3n) is 13.9.